The number of benzene rings is 1. The second-order valence-corrected chi connectivity index (χ2v) is 4.01. The maximum Gasteiger partial charge on any atom is 0.337 e. The van der Waals surface area contributed by atoms with Crippen molar-refractivity contribution in [1.82, 2.24) is 0 Å². The van der Waals surface area contributed by atoms with E-state index in [4.69, 9.17) is 0 Å². The van der Waals surface area contributed by atoms with E-state index in [9.17, 15) is 14.3 Å². The van der Waals surface area contributed by atoms with Crippen LogP contribution in [0.5, 0.6) is 0 Å². The Morgan fingerprint density at radius 2 is 2.19 bits per heavy atom. The van der Waals surface area contributed by atoms with E-state index >= 15 is 0 Å². The van der Waals surface area contributed by atoms with Gasteiger partial charge in [-0.2, -0.15) is 0 Å². The Morgan fingerprint density at radius 3 is 2.69 bits per heavy atom. The van der Waals surface area contributed by atoms with E-state index in [1.807, 2.05) is 0 Å². The van der Waals surface area contributed by atoms with Crippen molar-refractivity contribution in [3.05, 3.63) is 35.1 Å². The number of halogens is 1. The first kappa shape index (κ1) is 12.6. The van der Waals surface area contributed by atoms with E-state index in [1.165, 1.54) is 26.2 Å². The SMILES string of the molecule is COC(=O)C(C)(O)Cc1ccc(F)cc1C. The molecule has 0 fully saturated rings. The van der Waals surface area contributed by atoms with Crippen LogP contribution in [0.3, 0.4) is 0 Å². The molecule has 0 aliphatic heterocycles. The minimum absolute atomic E-state index is 0.103. The highest BCUT2D eigenvalue weighted by atomic mass is 19.1. The summed E-state index contributed by atoms with van der Waals surface area (Å²) in [6.45, 7) is 3.10. The van der Waals surface area contributed by atoms with Gasteiger partial charge in [0.2, 0.25) is 0 Å². The third kappa shape index (κ3) is 2.79. The van der Waals surface area contributed by atoms with Crippen LogP contribution in [0.15, 0.2) is 18.2 Å². The molecule has 0 aliphatic carbocycles. The Morgan fingerprint density at radius 1 is 1.56 bits per heavy atom. The van der Waals surface area contributed by atoms with Gasteiger partial charge in [0, 0.05) is 6.42 Å². The van der Waals surface area contributed by atoms with Crippen LogP contribution in [0.25, 0.3) is 0 Å². The summed E-state index contributed by atoms with van der Waals surface area (Å²) < 4.78 is 17.3. The maximum absolute atomic E-state index is 12.9. The number of rotatable bonds is 3. The zero-order valence-corrected chi connectivity index (χ0v) is 9.58. The van der Waals surface area contributed by atoms with Gasteiger partial charge in [-0.3, -0.25) is 0 Å². The Labute approximate surface area is 93.9 Å². The summed E-state index contributed by atoms with van der Waals surface area (Å²) >= 11 is 0. The Bertz CT molecular complexity index is 399. The summed E-state index contributed by atoms with van der Waals surface area (Å²) in [5.41, 5.74) is -0.168. The van der Waals surface area contributed by atoms with Gasteiger partial charge in [0.05, 0.1) is 7.11 Å². The van der Waals surface area contributed by atoms with E-state index in [1.54, 1.807) is 13.0 Å². The number of carbonyl (C=O) groups is 1. The van der Waals surface area contributed by atoms with Gasteiger partial charge in [0.25, 0.3) is 0 Å². The Balaban J connectivity index is 2.92. The van der Waals surface area contributed by atoms with E-state index in [2.05, 4.69) is 4.74 Å². The average Bonchev–Trinajstić information content (AvgIpc) is 2.21. The molecule has 1 unspecified atom stereocenters. The lowest BCUT2D eigenvalue weighted by molar-refractivity contribution is -0.160. The van der Waals surface area contributed by atoms with E-state index < -0.39 is 11.6 Å². The molecule has 1 N–H and O–H groups in total. The second kappa shape index (κ2) is 4.61. The topological polar surface area (TPSA) is 46.5 Å². The lowest BCUT2D eigenvalue weighted by Gasteiger charge is -2.21. The smallest absolute Gasteiger partial charge is 0.337 e. The highest BCUT2D eigenvalue weighted by Gasteiger charge is 2.32. The molecule has 1 atom stereocenters. The molecule has 0 aromatic heterocycles. The maximum atomic E-state index is 12.9. The first-order valence-corrected chi connectivity index (χ1v) is 4.92. The third-order valence-electron chi connectivity index (χ3n) is 2.46. The van der Waals surface area contributed by atoms with Gasteiger partial charge >= 0.3 is 5.97 Å². The monoisotopic (exact) mass is 226 g/mol. The van der Waals surface area contributed by atoms with Crippen molar-refractivity contribution in [2.75, 3.05) is 7.11 Å². The molecule has 0 heterocycles. The summed E-state index contributed by atoms with van der Waals surface area (Å²) in [7, 11) is 1.22. The lowest BCUT2D eigenvalue weighted by atomic mass is 9.94. The molecule has 0 radical (unpaired) electrons. The molecule has 4 heteroatoms. The van der Waals surface area contributed by atoms with Crippen molar-refractivity contribution < 1.29 is 19.0 Å². The van der Waals surface area contributed by atoms with Crippen molar-refractivity contribution in [1.29, 1.82) is 0 Å². The lowest BCUT2D eigenvalue weighted by Crippen LogP contribution is -2.38. The molecule has 0 aliphatic rings. The van der Waals surface area contributed by atoms with Crippen LogP contribution in [0.1, 0.15) is 18.1 Å². The van der Waals surface area contributed by atoms with Crippen molar-refractivity contribution in [3.8, 4) is 0 Å². The van der Waals surface area contributed by atoms with Crippen molar-refractivity contribution in [2.45, 2.75) is 25.9 Å². The van der Waals surface area contributed by atoms with Gasteiger partial charge in [-0.1, -0.05) is 6.07 Å². The average molecular weight is 226 g/mol. The zero-order valence-electron chi connectivity index (χ0n) is 9.58. The molecule has 88 valence electrons. The minimum Gasteiger partial charge on any atom is -0.467 e. The minimum atomic E-state index is -1.59. The molecule has 1 aromatic carbocycles. The first-order chi connectivity index (χ1) is 7.36. The number of aryl methyl sites for hydroxylation is 1. The van der Waals surface area contributed by atoms with Gasteiger partial charge in [-0.05, 0) is 37.1 Å². The number of methoxy groups -OCH3 is 1. The molecule has 0 saturated heterocycles. The second-order valence-electron chi connectivity index (χ2n) is 4.01. The molecule has 0 bridgehead atoms. The fourth-order valence-electron chi connectivity index (χ4n) is 1.52. The van der Waals surface area contributed by atoms with Gasteiger partial charge in [0.15, 0.2) is 5.60 Å². The van der Waals surface area contributed by atoms with Crippen LogP contribution >= 0.6 is 0 Å². The zero-order chi connectivity index (χ0) is 12.3. The summed E-state index contributed by atoms with van der Waals surface area (Å²) in [5, 5.41) is 9.86. The number of hydrogen-bond acceptors (Lipinski definition) is 3. The molecule has 1 aromatic rings. The van der Waals surface area contributed by atoms with Crippen LogP contribution in [0.2, 0.25) is 0 Å². The van der Waals surface area contributed by atoms with Crippen LogP contribution in [-0.2, 0) is 16.0 Å². The molecule has 16 heavy (non-hydrogen) atoms. The molecular weight excluding hydrogens is 211 g/mol. The van der Waals surface area contributed by atoms with Crippen LogP contribution in [0, 0.1) is 12.7 Å². The third-order valence-corrected chi connectivity index (χ3v) is 2.46. The van der Waals surface area contributed by atoms with Crippen LogP contribution in [-0.4, -0.2) is 23.8 Å². The number of esters is 1. The predicted octanol–water partition coefficient (Wildman–Crippen LogP) is 1.60. The summed E-state index contributed by atoms with van der Waals surface area (Å²) in [4.78, 5) is 11.3. The van der Waals surface area contributed by atoms with Gasteiger partial charge in [-0.25, -0.2) is 9.18 Å². The molecule has 1 rings (SSSR count). The quantitative estimate of drug-likeness (QED) is 0.796. The van der Waals surface area contributed by atoms with Gasteiger partial charge in [0.1, 0.15) is 5.82 Å². The van der Waals surface area contributed by atoms with Crippen molar-refractivity contribution in [3.63, 3.8) is 0 Å². The van der Waals surface area contributed by atoms with Crippen molar-refractivity contribution in [2.24, 2.45) is 0 Å². The van der Waals surface area contributed by atoms with Gasteiger partial charge < -0.3 is 9.84 Å². The highest BCUT2D eigenvalue weighted by molar-refractivity contribution is 5.79. The number of aliphatic hydroxyl groups is 1. The summed E-state index contributed by atoms with van der Waals surface area (Å²) in [6.07, 6.45) is 0.103. The number of carbonyl (C=O) groups excluding carboxylic acids is 1. The first-order valence-electron chi connectivity index (χ1n) is 4.92. The largest absolute Gasteiger partial charge is 0.467 e. The number of hydrogen-bond donors (Lipinski definition) is 1. The van der Waals surface area contributed by atoms with E-state index in [0.717, 1.165) is 5.56 Å². The fraction of sp³-hybridized carbons (Fsp3) is 0.417. The fourth-order valence-corrected chi connectivity index (χ4v) is 1.52. The van der Waals surface area contributed by atoms with Crippen LogP contribution < -0.4 is 0 Å². The Kier molecular flexibility index (Phi) is 3.65. The normalized spacial score (nSPS) is 14.3. The summed E-state index contributed by atoms with van der Waals surface area (Å²) in [6, 6.07) is 4.22. The predicted molar refractivity (Wildman–Crippen MR) is 57.5 cm³/mol. The molecule has 0 spiro atoms. The molecule has 3 nitrogen and oxygen atoms in total. The Hall–Kier alpha value is -1.42. The van der Waals surface area contributed by atoms with E-state index in [0.29, 0.717) is 5.56 Å². The van der Waals surface area contributed by atoms with E-state index in [-0.39, 0.29) is 12.2 Å². The summed E-state index contributed by atoms with van der Waals surface area (Å²) in [5.74, 6) is -1.03. The number of ether oxygens (including phenoxy) is 1. The van der Waals surface area contributed by atoms with Crippen LogP contribution in [0.4, 0.5) is 4.39 Å². The molecule has 0 amide bonds. The van der Waals surface area contributed by atoms with Gasteiger partial charge in [-0.15, -0.1) is 0 Å². The molecular formula is C12H15FO3. The molecule has 0 saturated carbocycles. The highest BCUT2D eigenvalue weighted by Crippen LogP contribution is 2.18. The van der Waals surface area contributed by atoms with Crippen molar-refractivity contribution >= 4 is 5.97 Å². The standard InChI is InChI=1S/C12H15FO3/c1-8-6-10(13)5-4-9(8)7-12(2,15)11(14)16-3/h4-6,15H,7H2,1-3H3.